The molecule has 0 radical (unpaired) electrons. The van der Waals surface area contributed by atoms with Crippen molar-refractivity contribution in [1.82, 2.24) is 4.31 Å². The summed E-state index contributed by atoms with van der Waals surface area (Å²) in [5, 5.41) is 2.14. The van der Waals surface area contributed by atoms with E-state index in [4.69, 9.17) is 17.3 Å². The highest BCUT2D eigenvalue weighted by Gasteiger charge is 2.31. The summed E-state index contributed by atoms with van der Waals surface area (Å²) < 4.78 is 55.1. The third-order valence-electron chi connectivity index (χ3n) is 5.00. The van der Waals surface area contributed by atoms with Crippen LogP contribution in [0, 0.1) is 17.6 Å². The van der Waals surface area contributed by atoms with Crippen LogP contribution in [0.15, 0.2) is 35.2 Å². The van der Waals surface area contributed by atoms with Gasteiger partial charge in [-0.2, -0.15) is 4.31 Å². The van der Waals surface area contributed by atoms with Gasteiger partial charge in [-0.05, 0) is 43.0 Å². The van der Waals surface area contributed by atoms with E-state index >= 15 is 0 Å². The zero-order valence-electron chi connectivity index (χ0n) is 16.5. The molecule has 1 aliphatic heterocycles. The highest BCUT2D eigenvalue weighted by atomic mass is 35.5. The number of amides is 2. The number of sulfonamides is 1. The van der Waals surface area contributed by atoms with Crippen molar-refractivity contribution in [2.24, 2.45) is 11.7 Å². The summed E-state index contributed by atoms with van der Waals surface area (Å²) in [7, 11) is -3.95. The minimum atomic E-state index is -3.95. The highest BCUT2D eigenvalue weighted by molar-refractivity contribution is 7.89. The molecule has 166 valence electrons. The molecule has 0 bridgehead atoms. The fraction of sp³-hybridized carbons (Fsp3) is 0.300. The molecule has 3 N–H and O–H groups in total. The number of rotatable bonds is 5. The summed E-state index contributed by atoms with van der Waals surface area (Å²) in [4.78, 5) is 23.6. The highest BCUT2D eigenvalue weighted by Crippen LogP contribution is 2.29. The molecule has 1 fully saturated rings. The number of primary amides is 1. The van der Waals surface area contributed by atoms with Crippen molar-refractivity contribution >= 4 is 39.1 Å². The van der Waals surface area contributed by atoms with Crippen molar-refractivity contribution in [3.63, 3.8) is 0 Å². The Morgan fingerprint density at radius 3 is 2.55 bits per heavy atom. The van der Waals surface area contributed by atoms with Gasteiger partial charge in [-0.25, -0.2) is 17.2 Å². The average Bonchev–Trinajstić information content (AvgIpc) is 2.69. The number of carbonyl (C=O) groups is 2. The second kappa shape index (κ2) is 8.89. The van der Waals surface area contributed by atoms with Crippen LogP contribution in [0.2, 0.25) is 5.02 Å². The van der Waals surface area contributed by atoms with Gasteiger partial charge in [-0.3, -0.25) is 9.59 Å². The number of benzene rings is 2. The minimum absolute atomic E-state index is 0.0567. The SMILES string of the molecule is CC1CCCN(S(=O)(=O)c2cc(C(=O)Nc3cc(C(N)=O)c(F)cc3F)ccc2Cl)C1. The van der Waals surface area contributed by atoms with Gasteiger partial charge in [0.1, 0.15) is 16.5 Å². The number of nitrogens with zero attached hydrogens (tertiary/aromatic N) is 1. The van der Waals surface area contributed by atoms with Crippen LogP contribution in [0.1, 0.15) is 40.5 Å². The second-order valence-electron chi connectivity index (χ2n) is 7.39. The lowest BCUT2D eigenvalue weighted by Gasteiger charge is -2.30. The first-order valence-electron chi connectivity index (χ1n) is 9.40. The largest absolute Gasteiger partial charge is 0.366 e. The third-order valence-corrected chi connectivity index (χ3v) is 7.35. The molecule has 7 nitrogen and oxygen atoms in total. The number of hydrogen-bond acceptors (Lipinski definition) is 4. The molecule has 11 heteroatoms. The second-order valence-corrected chi connectivity index (χ2v) is 9.70. The average molecular weight is 472 g/mol. The van der Waals surface area contributed by atoms with Crippen molar-refractivity contribution in [1.29, 1.82) is 0 Å². The predicted octanol–water partition coefficient (Wildman–Crippen LogP) is 3.39. The minimum Gasteiger partial charge on any atom is -0.366 e. The fourth-order valence-electron chi connectivity index (χ4n) is 3.37. The van der Waals surface area contributed by atoms with E-state index in [0.29, 0.717) is 25.6 Å². The maximum atomic E-state index is 14.1. The van der Waals surface area contributed by atoms with E-state index in [1.807, 2.05) is 6.92 Å². The molecule has 0 saturated carbocycles. The van der Waals surface area contributed by atoms with E-state index in [9.17, 15) is 26.8 Å². The molecule has 2 aromatic carbocycles. The van der Waals surface area contributed by atoms with Crippen molar-refractivity contribution < 1.29 is 26.8 Å². The van der Waals surface area contributed by atoms with Gasteiger partial charge in [-0.1, -0.05) is 18.5 Å². The number of carbonyl (C=O) groups excluding carboxylic acids is 2. The standard InChI is InChI=1S/C20H20ClF2N3O4S/c1-11-3-2-6-26(10-11)31(29,30)18-7-12(4-5-14(18)21)20(28)25-17-8-13(19(24)27)15(22)9-16(17)23/h4-5,7-9,11H,2-3,6,10H2,1H3,(H2,24,27)(H,25,28). The van der Waals surface area contributed by atoms with Crippen molar-refractivity contribution in [2.45, 2.75) is 24.7 Å². The Morgan fingerprint density at radius 1 is 1.19 bits per heavy atom. The van der Waals surface area contributed by atoms with Gasteiger partial charge in [0.2, 0.25) is 10.0 Å². The predicted molar refractivity (Wildman–Crippen MR) is 111 cm³/mol. The molecule has 31 heavy (non-hydrogen) atoms. The summed E-state index contributed by atoms with van der Waals surface area (Å²) in [5.41, 5.74) is 3.84. The van der Waals surface area contributed by atoms with Crippen LogP contribution in [-0.4, -0.2) is 37.6 Å². The molecule has 1 heterocycles. The quantitative estimate of drug-likeness (QED) is 0.696. The zero-order valence-corrected chi connectivity index (χ0v) is 18.1. The van der Waals surface area contributed by atoms with Gasteiger partial charge in [0.25, 0.3) is 11.8 Å². The summed E-state index contributed by atoms with van der Waals surface area (Å²) >= 11 is 6.11. The van der Waals surface area contributed by atoms with Gasteiger partial charge in [0.15, 0.2) is 0 Å². The third kappa shape index (κ3) is 4.86. The summed E-state index contributed by atoms with van der Waals surface area (Å²) in [6, 6.07) is 4.82. The maximum Gasteiger partial charge on any atom is 0.255 e. The van der Waals surface area contributed by atoms with Crippen LogP contribution in [0.5, 0.6) is 0 Å². The Bertz CT molecular complexity index is 1160. The molecule has 0 spiro atoms. The van der Waals surface area contributed by atoms with Crippen LogP contribution in [0.4, 0.5) is 14.5 Å². The number of halogens is 3. The van der Waals surface area contributed by atoms with Gasteiger partial charge < -0.3 is 11.1 Å². The van der Waals surface area contributed by atoms with Gasteiger partial charge >= 0.3 is 0 Å². The van der Waals surface area contributed by atoms with Gasteiger partial charge in [0.05, 0.1) is 16.3 Å². The Hall–Kier alpha value is -2.56. The molecule has 1 aliphatic rings. The first-order chi connectivity index (χ1) is 14.5. The molecule has 2 amide bonds. The summed E-state index contributed by atoms with van der Waals surface area (Å²) in [6.45, 7) is 2.63. The Balaban J connectivity index is 1.92. The van der Waals surface area contributed by atoms with Crippen LogP contribution in [-0.2, 0) is 10.0 Å². The number of nitrogens with one attached hydrogen (secondary N) is 1. The van der Waals surface area contributed by atoms with E-state index in [-0.39, 0.29) is 21.4 Å². The number of hydrogen-bond donors (Lipinski definition) is 2. The lowest BCUT2D eigenvalue weighted by Crippen LogP contribution is -2.39. The smallest absolute Gasteiger partial charge is 0.255 e. The number of anilines is 1. The maximum absolute atomic E-state index is 14.1. The van der Waals surface area contributed by atoms with Crippen LogP contribution in [0.25, 0.3) is 0 Å². The van der Waals surface area contributed by atoms with E-state index in [0.717, 1.165) is 18.6 Å². The van der Waals surface area contributed by atoms with E-state index < -0.39 is 44.7 Å². The normalized spacial score (nSPS) is 17.4. The summed E-state index contributed by atoms with van der Waals surface area (Å²) in [5.74, 6) is -4.11. The molecule has 1 atom stereocenters. The van der Waals surface area contributed by atoms with Gasteiger partial charge in [-0.15, -0.1) is 0 Å². The fourth-order valence-corrected chi connectivity index (χ4v) is 5.47. The van der Waals surface area contributed by atoms with Crippen LogP contribution < -0.4 is 11.1 Å². The topological polar surface area (TPSA) is 110 Å². The number of piperidine rings is 1. The van der Waals surface area contributed by atoms with E-state index in [1.165, 1.54) is 16.4 Å². The Kier molecular flexibility index (Phi) is 6.63. The monoisotopic (exact) mass is 471 g/mol. The first-order valence-corrected chi connectivity index (χ1v) is 11.2. The zero-order chi connectivity index (χ0) is 22.9. The lowest BCUT2D eigenvalue weighted by atomic mass is 10.0. The van der Waals surface area contributed by atoms with E-state index in [1.54, 1.807) is 0 Å². The van der Waals surface area contributed by atoms with Crippen molar-refractivity contribution in [2.75, 3.05) is 18.4 Å². The Labute approximate surface area is 183 Å². The lowest BCUT2D eigenvalue weighted by molar-refractivity contribution is 0.0992. The van der Waals surface area contributed by atoms with E-state index in [2.05, 4.69) is 5.32 Å². The number of nitrogens with two attached hydrogens (primary N) is 1. The first kappa shape index (κ1) is 23.1. The van der Waals surface area contributed by atoms with Crippen molar-refractivity contribution in [3.05, 3.63) is 58.1 Å². The molecule has 1 unspecified atom stereocenters. The van der Waals surface area contributed by atoms with Gasteiger partial charge in [0, 0.05) is 24.7 Å². The van der Waals surface area contributed by atoms with Crippen LogP contribution in [0.3, 0.4) is 0 Å². The van der Waals surface area contributed by atoms with Crippen LogP contribution >= 0.6 is 11.6 Å². The van der Waals surface area contributed by atoms with Crippen molar-refractivity contribution in [3.8, 4) is 0 Å². The molecular weight excluding hydrogens is 452 g/mol. The molecule has 0 aromatic heterocycles. The molecular formula is C20H20ClF2N3O4S. The molecule has 0 aliphatic carbocycles. The Morgan fingerprint density at radius 2 is 1.90 bits per heavy atom. The molecule has 1 saturated heterocycles. The molecule has 2 aromatic rings. The molecule has 3 rings (SSSR count). The summed E-state index contributed by atoms with van der Waals surface area (Å²) in [6.07, 6.45) is 1.63.